The van der Waals surface area contributed by atoms with E-state index in [4.69, 9.17) is 9.47 Å². The lowest BCUT2D eigenvalue weighted by molar-refractivity contribution is -0.235. The Morgan fingerprint density at radius 3 is 2.27 bits per heavy atom. The molecule has 0 aliphatic carbocycles. The standard InChI is InChI=1S/C16H24O6/c1-6-9(3)13(17)16(20)11(5)21-8-12(14(16)18)22-15(19)10(4)7-2/h6-7,11-12,14,18,20H,8H2,1-5H3/b9-6-,10-7-/t11-,12+,14-,16-/m1/s1. The van der Waals surface area contributed by atoms with E-state index in [1.165, 1.54) is 6.92 Å². The summed E-state index contributed by atoms with van der Waals surface area (Å²) < 4.78 is 10.5. The normalized spacial score (nSPS) is 33.5. The van der Waals surface area contributed by atoms with Crippen LogP contribution in [0.25, 0.3) is 0 Å². The number of hydrogen-bond acceptors (Lipinski definition) is 6. The topological polar surface area (TPSA) is 93.1 Å². The fourth-order valence-electron chi connectivity index (χ4n) is 2.19. The number of allylic oxidation sites excluding steroid dienone is 2. The molecular formula is C16H24O6. The third-order valence-electron chi connectivity index (χ3n) is 4.10. The van der Waals surface area contributed by atoms with Crippen LogP contribution in [0.2, 0.25) is 0 Å². The summed E-state index contributed by atoms with van der Waals surface area (Å²) >= 11 is 0. The number of ketones is 1. The minimum Gasteiger partial charge on any atom is -0.454 e. The molecule has 124 valence electrons. The van der Waals surface area contributed by atoms with Crippen LogP contribution in [-0.4, -0.2) is 52.5 Å². The molecule has 6 heteroatoms. The van der Waals surface area contributed by atoms with E-state index in [2.05, 4.69) is 0 Å². The zero-order valence-corrected chi connectivity index (χ0v) is 13.6. The van der Waals surface area contributed by atoms with Gasteiger partial charge in [-0.2, -0.15) is 0 Å². The summed E-state index contributed by atoms with van der Waals surface area (Å²) in [7, 11) is 0. The third kappa shape index (κ3) is 3.29. The van der Waals surface area contributed by atoms with Crippen molar-refractivity contribution in [3.63, 3.8) is 0 Å². The average molecular weight is 312 g/mol. The summed E-state index contributed by atoms with van der Waals surface area (Å²) in [6, 6.07) is 0. The Labute approximate surface area is 130 Å². The molecule has 0 bridgehead atoms. The monoisotopic (exact) mass is 312 g/mol. The molecular weight excluding hydrogens is 288 g/mol. The maximum atomic E-state index is 12.4. The Morgan fingerprint density at radius 2 is 1.77 bits per heavy atom. The number of aliphatic hydroxyl groups excluding tert-OH is 1. The zero-order valence-electron chi connectivity index (χ0n) is 13.6. The van der Waals surface area contributed by atoms with Gasteiger partial charge in [-0.25, -0.2) is 4.79 Å². The molecule has 0 radical (unpaired) electrons. The molecule has 1 rings (SSSR count). The maximum absolute atomic E-state index is 12.4. The largest absolute Gasteiger partial charge is 0.454 e. The summed E-state index contributed by atoms with van der Waals surface area (Å²) in [6.45, 7) is 7.86. The first-order chi connectivity index (χ1) is 10.2. The van der Waals surface area contributed by atoms with E-state index in [0.29, 0.717) is 11.1 Å². The summed E-state index contributed by atoms with van der Waals surface area (Å²) in [6.07, 6.45) is -0.478. The summed E-state index contributed by atoms with van der Waals surface area (Å²) in [5.74, 6) is -1.26. The van der Waals surface area contributed by atoms with Gasteiger partial charge in [0.15, 0.2) is 17.5 Å². The molecule has 0 amide bonds. The Kier molecular flexibility index (Phi) is 6.05. The molecule has 0 aromatic heterocycles. The van der Waals surface area contributed by atoms with Crippen molar-refractivity contribution in [1.82, 2.24) is 0 Å². The van der Waals surface area contributed by atoms with E-state index in [9.17, 15) is 19.8 Å². The molecule has 0 aromatic rings. The second-order valence-corrected chi connectivity index (χ2v) is 5.46. The van der Waals surface area contributed by atoms with Gasteiger partial charge in [0.2, 0.25) is 0 Å². The molecule has 0 saturated carbocycles. The lowest BCUT2D eigenvalue weighted by Crippen LogP contribution is -2.66. The van der Waals surface area contributed by atoms with Gasteiger partial charge in [-0.05, 0) is 40.2 Å². The maximum Gasteiger partial charge on any atom is 0.333 e. The smallest absolute Gasteiger partial charge is 0.333 e. The molecule has 6 nitrogen and oxygen atoms in total. The van der Waals surface area contributed by atoms with Gasteiger partial charge in [0.25, 0.3) is 0 Å². The number of carbonyl (C=O) groups excluding carboxylic acids is 2. The first kappa shape index (κ1) is 18.5. The number of carbonyl (C=O) groups is 2. The van der Waals surface area contributed by atoms with Gasteiger partial charge in [-0.15, -0.1) is 0 Å². The molecule has 2 N–H and O–H groups in total. The van der Waals surface area contributed by atoms with Gasteiger partial charge < -0.3 is 19.7 Å². The van der Waals surface area contributed by atoms with Gasteiger partial charge in [-0.3, -0.25) is 4.79 Å². The second kappa shape index (κ2) is 7.17. The lowest BCUT2D eigenvalue weighted by Gasteiger charge is -2.44. The Bertz CT molecular complexity index is 507. The fourth-order valence-corrected chi connectivity index (χ4v) is 2.19. The summed E-state index contributed by atoms with van der Waals surface area (Å²) in [5.41, 5.74) is -1.48. The van der Waals surface area contributed by atoms with Crippen molar-refractivity contribution in [2.45, 2.75) is 58.5 Å². The van der Waals surface area contributed by atoms with Crippen LogP contribution in [0.1, 0.15) is 34.6 Å². The molecule has 1 fully saturated rings. The summed E-state index contributed by atoms with van der Waals surface area (Å²) in [5, 5.41) is 21.1. The quantitative estimate of drug-likeness (QED) is 0.592. The number of esters is 1. The predicted octanol–water partition coefficient (Wildman–Crippen LogP) is 0.910. The van der Waals surface area contributed by atoms with E-state index in [-0.39, 0.29) is 6.61 Å². The lowest BCUT2D eigenvalue weighted by atomic mass is 9.79. The first-order valence-corrected chi connectivity index (χ1v) is 7.23. The fraction of sp³-hybridized carbons (Fsp3) is 0.625. The molecule has 0 spiro atoms. The highest BCUT2D eigenvalue weighted by Gasteiger charge is 2.56. The van der Waals surface area contributed by atoms with Crippen molar-refractivity contribution in [2.75, 3.05) is 6.61 Å². The van der Waals surface area contributed by atoms with Gasteiger partial charge >= 0.3 is 5.97 Å². The van der Waals surface area contributed by atoms with Crippen LogP contribution < -0.4 is 0 Å². The highest BCUT2D eigenvalue weighted by molar-refractivity contribution is 6.02. The van der Waals surface area contributed by atoms with E-state index >= 15 is 0 Å². The van der Waals surface area contributed by atoms with Crippen LogP contribution in [0, 0.1) is 0 Å². The number of ether oxygens (including phenoxy) is 2. The molecule has 1 heterocycles. The van der Waals surface area contributed by atoms with Crippen molar-refractivity contribution in [3.05, 3.63) is 23.3 Å². The Morgan fingerprint density at radius 1 is 1.23 bits per heavy atom. The van der Waals surface area contributed by atoms with Gasteiger partial charge in [-0.1, -0.05) is 12.2 Å². The highest BCUT2D eigenvalue weighted by atomic mass is 16.6. The highest BCUT2D eigenvalue weighted by Crippen LogP contribution is 2.31. The molecule has 1 saturated heterocycles. The van der Waals surface area contributed by atoms with Crippen molar-refractivity contribution < 1.29 is 29.3 Å². The van der Waals surface area contributed by atoms with Crippen molar-refractivity contribution in [2.24, 2.45) is 0 Å². The predicted molar refractivity (Wildman–Crippen MR) is 80.1 cm³/mol. The van der Waals surface area contributed by atoms with Crippen LogP contribution in [-0.2, 0) is 19.1 Å². The van der Waals surface area contributed by atoms with E-state index in [1.54, 1.807) is 39.8 Å². The summed E-state index contributed by atoms with van der Waals surface area (Å²) in [4.78, 5) is 24.2. The van der Waals surface area contributed by atoms with Crippen molar-refractivity contribution in [3.8, 4) is 0 Å². The SMILES string of the molecule is C/C=C(/C)C(=O)O[C@H]1CO[C@H](C)[C@@](O)(C(=O)/C(C)=C\C)[C@@H]1O. The van der Waals surface area contributed by atoms with Crippen LogP contribution in [0.5, 0.6) is 0 Å². The minimum atomic E-state index is -2.15. The second-order valence-electron chi connectivity index (χ2n) is 5.46. The van der Waals surface area contributed by atoms with Crippen LogP contribution in [0.4, 0.5) is 0 Å². The first-order valence-electron chi connectivity index (χ1n) is 7.23. The molecule has 22 heavy (non-hydrogen) atoms. The number of hydrogen-bond donors (Lipinski definition) is 2. The number of rotatable bonds is 4. The molecule has 1 aliphatic heterocycles. The average Bonchev–Trinajstić information content (AvgIpc) is 2.52. The molecule has 4 atom stereocenters. The Hall–Kier alpha value is -1.50. The van der Waals surface area contributed by atoms with Gasteiger partial charge in [0.05, 0.1) is 12.7 Å². The Balaban J connectivity index is 3.04. The molecule has 1 aliphatic rings. The van der Waals surface area contributed by atoms with E-state index in [0.717, 1.165) is 0 Å². The zero-order chi connectivity index (χ0) is 17.1. The van der Waals surface area contributed by atoms with Gasteiger partial charge in [0.1, 0.15) is 6.10 Å². The molecule has 0 aromatic carbocycles. The van der Waals surface area contributed by atoms with E-state index < -0.39 is 35.7 Å². The third-order valence-corrected chi connectivity index (χ3v) is 4.10. The minimum absolute atomic E-state index is 0.0878. The number of Topliss-reactive ketones (excluding diaryl/α,β-unsaturated/α-hetero) is 1. The van der Waals surface area contributed by atoms with Crippen LogP contribution in [0.15, 0.2) is 23.3 Å². The van der Waals surface area contributed by atoms with Crippen LogP contribution in [0.3, 0.4) is 0 Å². The van der Waals surface area contributed by atoms with Crippen molar-refractivity contribution in [1.29, 1.82) is 0 Å². The van der Waals surface area contributed by atoms with Crippen LogP contribution >= 0.6 is 0 Å². The van der Waals surface area contributed by atoms with Gasteiger partial charge in [0, 0.05) is 5.57 Å². The van der Waals surface area contributed by atoms with Crippen molar-refractivity contribution >= 4 is 11.8 Å². The number of aliphatic hydroxyl groups is 2. The van der Waals surface area contributed by atoms with E-state index in [1.807, 2.05) is 0 Å². The molecule has 0 unspecified atom stereocenters.